The van der Waals surface area contributed by atoms with Crippen LogP contribution in [0.2, 0.25) is 5.02 Å². The fraction of sp³-hybridized carbons (Fsp3) is 0.429. The zero-order valence-corrected chi connectivity index (χ0v) is 13.6. The highest BCUT2D eigenvalue weighted by Gasteiger charge is 2.20. The maximum absolute atomic E-state index is 12.0. The van der Waals surface area contributed by atoms with E-state index in [1.54, 1.807) is 25.2 Å². The molecule has 7 heteroatoms. The Kier molecular flexibility index (Phi) is 9.01. The summed E-state index contributed by atoms with van der Waals surface area (Å²) in [5, 5.41) is 6.33. The molecule has 0 spiro atoms. The van der Waals surface area contributed by atoms with Gasteiger partial charge >= 0.3 is 0 Å². The van der Waals surface area contributed by atoms with E-state index in [1.807, 2.05) is 13.0 Å². The van der Waals surface area contributed by atoms with E-state index >= 15 is 0 Å². The number of benzene rings is 1. The number of hydrogen-bond donors (Lipinski definition) is 3. The molecule has 0 bridgehead atoms. The SMILES string of the molecule is CNCC(C)C(=O)N[C@H](CC(N)=O)c1cccc(Cl)c1.Cl. The molecular formula is C14H21Cl2N3O2. The molecule has 4 N–H and O–H groups in total. The highest BCUT2D eigenvalue weighted by molar-refractivity contribution is 6.30. The summed E-state index contributed by atoms with van der Waals surface area (Å²) < 4.78 is 0. The van der Waals surface area contributed by atoms with Crippen molar-refractivity contribution < 1.29 is 9.59 Å². The molecule has 0 aliphatic rings. The average molecular weight is 334 g/mol. The summed E-state index contributed by atoms with van der Waals surface area (Å²) in [5.74, 6) is -0.809. The van der Waals surface area contributed by atoms with Crippen LogP contribution in [0.1, 0.15) is 24.9 Å². The molecule has 0 radical (unpaired) electrons. The number of amides is 2. The largest absolute Gasteiger partial charge is 0.370 e. The molecule has 0 saturated carbocycles. The maximum atomic E-state index is 12.0. The quantitative estimate of drug-likeness (QED) is 0.709. The van der Waals surface area contributed by atoms with E-state index in [2.05, 4.69) is 10.6 Å². The van der Waals surface area contributed by atoms with E-state index < -0.39 is 11.9 Å². The Balaban J connectivity index is 0.00000400. The summed E-state index contributed by atoms with van der Waals surface area (Å²) in [5.41, 5.74) is 6.01. The molecule has 21 heavy (non-hydrogen) atoms. The third kappa shape index (κ3) is 6.80. The van der Waals surface area contributed by atoms with E-state index in [0.29, 0.717) is 11.6 Å². The molecule has 1 aromatic carbocycles. The predicted molar refractivity (Wildman–Crippen MR) is 86.5 cm³/mol. The van der Waals surface area contributed by atoms with Gasteiger partial charge in [-0.05, 0) is 24.7 Å². The van der Waals surface area contributed by atoms with Crippen LogP contribution < -0.4 is 16.4 Å². The minimum atomic E-state index is -0.475. The normalized spacial score (nSPS) is 12.9. The summed E-state index contributed by atoms with van der Waals surface area (Å²) in [4.78, 5) is 23.2. The summed E-state index contributed by atoms with van der Waals surface area (Å²) >= 11 is 5.94. The van der Waals surface area contributed by atoms with Gasteiger partial charge < -0.3 is 16.4 Å². The molecular weight excluding hydrogens is 313 g/mol. The van der Waals surface area contributed by atoms with E-state index in [4.69, 9.17) is 17.3 Å². The second-order valence-corrected chi connectivity index (χ2v) is 5.18. The first-order chi connectivity index (χ1) is 9.43. The Hall–Kier alpha value is -1.30. The fourth-order valence-electron chi connectivity index (χ4n) is 1.89. The van der Waals surface area contributed by atoms with Gasteiger partial charge in [0, 0.05) is 17.5 Å². The molecule has 0 saturated heterocycles. The monoisotopic (exact) mass is 333 g/mol. The number of nitrogens with two attached hydrogens (primary N) is 1. The Bertz CT molecular complexity index is 483. The van der Waals surface area contributed by atoms with Gasteiger partial charge in [0.1, 0.15) is 0 Å². The minimum absolute atomic E-state index is 0. The van der Waals surface area contributed by atoms with Crippen molar-refractivity contribution in [1.82, 2.24) is 10.6 Å². The summed E-state index contributed by atoms with van der Waals surface area (Å²) in [7, 11) is 1.78. The first kappa shape index (κ1) is 19.7. The molecule has 118 valence electrons. The van der Waals surface area contributed by atoms with Crippen LogP contribution in [0, 0.1) is 5.92 Å². The van der Waals surface area contributed by atoms with Crippen molar-refractivity contribution in [2.75, 3.05) is 13.6 Å². The van der Waals surface area contributed by atoms with Crippen molar-refractivity contribution in [1.29, 1.82) is 0 Å². The summed E-state index contributed by atoms with van der Waals surface area (Å²) in [6.45, 7) is 2.37. The van der Waals surface area contributed by atoms with Crippen LogP contribution in [0.3, 0.4) is 0 Å². The van der Waals surface area contributed by atoms with Crippen LogP contribution in [0.4, 0.5) is 0 Å². The minimum Gasteiger partial charge on any atom is -0.370 e. The molecule has 0 aromatic heterocycles. The number of nitrogens with one attached hydrogen (secondary N) is 2. The first-order valence-electron chi connectivity index (χ1n) is 6.42. The molecule has 2 atom stereocenters. The van der Waals surface area contributed by atoms with Crippen LogP contribution in [-0.4, -0.2) is 25.4 Å². The predicted octanol–water partition coefficient (Wildman–Crippen LogP) is 1.65. The maximum Gasteiger partial charge on any atom is 0.224 e. The van der Waals surface area contributed by atoms with Crippen molar-refractivity contribution in [3.8, 4) is 0 Å². The lowest BCUT2D eigenvalue weighted by atomic mass is 10.0. The van der Waals surface area contributed by atoms with Gasteiger partial charge in [-0.25, -0.2) is 0 Å². The van der Waals surface area contributed by atoms with Crippen LogP contribution in [0.5, 0.6) is 0 Å². The molecule has 1 rings (SSSR count). The Morgan fingerprint density at radius 2 is 2.05 bits per heavy atom. The van der Waals surface area contributed by atoms with Gasteiger partial charge in [-0.2, -0.15) is 0 Å². The molecule has 0 fully saturated rings. The van der Waals surface area contributed by atoms with Crippen molar-refractivity contribution in [3.63, 3.8) is 0 Å². The topological polar surface area (TPSA) is 84.2 Å². The van der Waals surface area contributed by atoms with Crippen LogP contribution >= 0.6 is 24.0 Å². The van der Waals surface area contributed by atoms with Gasteiger partial charge in [0.25, 0.3) is 0 Å². The van der Waals surface area contributed by atoms with Crippen LogP contribution in [-0.2, 0) is 9.59 Å². The van der Waals surface area contributed by atoms with E-state index in [9.17, 15) is 9.59 Å². The van der Waals surface area contributed by atoms with E-state index in [-0.39, 0.29) is 30.7 Å². The number of primary amides is 1. The van der Waals surface area contributed by atoms with Gasteiger partial charge in [-0.15, -0.1) is 12.4 Å². The lowest BCUT2D eigenvalue weighted by Gasteiger charge is -2.20. The summed E-state index contributed by atoms with van der Waals surface area (Å²) in [6, 6.07) is 6.57. The lowest BCUT2D eigenvalue weighted by molar-refractivity contribution is -0.125. The van der Waals surface area contributed by atoms with E-state index in [1.165, 1.54) is 0 Å². The van der Waals surface area contributed by atoms with Crippen molar-refractivity contribution in [2.45, 2.75) is 19.4 Å². The number of halogens is 2. The molecule has 2 amide bonds. The second-order valence-electron chi connectivity index (χ2n) is 4.75. The van der Waals surface area contributed by atoms with Gasteiger partial charge in [0.15, 0.2) is 0 Å². The van der Waals surface area contributed by atoms with Gasteiger partial charge in [-0.1, -0.05) is 30.7 Å². The van der Waals surface area contributed by atoms with Gasteiger partial charge in [0.05, 0.1) is 12.5 Å². The van der Waals surface area contributed by atoms with Gasteiger partial charge in [0.2, 0.25) is 11.8 Å². The number of carbonyl (C=O) groups is 2. The molecule has 5 nitrogen and oxygen atoms in total. The molecule has 0 heterocycles. The lowest BCUT2D eigenvalue weighted by Crippen LogP contribution is -2.38. The number of rotatable bonds is 7. The number of hydrogen-bond acceptors (Lipinski definition) is 3. The van der Waals surface area contributed by atoms with Gasteiger partial charge in [-0.3, -0.25) is 9.59 Å². The highest BCUT2D eigenvalue weighted by atomic mass is 35.5. The smallest absolute Gasteiger partial charge is 0.224 e. The summed E-state index contributed by atoms with van der Waals surface area (Å²) in [6.07, 6.45) is 0.0400. The third-order valence-corrected chi connectivity index (χ3v) is 3.17. The molecule has 0 aliphatic heterocycles. The fourth-order valence-corrected chi connectivity index (χ4v) is 2.09. The molecule has 0 aliphatic carbocycles. The molecule has 1 unspecified atom stereocenters. The Morgan fingerprint density at radius 3 is 2.57 bits per heavy atom. The van der Waals surface area contributed by atoms with Crippen molar-refractivity contribution in [3.05, 3.63) is 34.9 Å². The van der Waals surface area contributed by atoms with Crippen molar-refractivity contribution in [2.24, 2.45) is 11.7 Å². The zero-order valence-electron chi connectivity index (χ0n) is 12.1. The number of carbonyl (C=O) groups excluding carboxylic acids is 2. The molecule has 1 aromatic rings. The Labute approximate surface area is 136 Å². The average Bonchev–Trinajstić information content (AvgIpc) is 2.37. The highest BCUT2D eigenvalue weighted by Crippen LogP contribution is 2.20. The van der Waals surface area contributed by atoms with E-state index in [0.717, 1.165) is 5.56 Å². The standard InChI is InChI=1S/C14H20ClN3O2.ClH/c1-9(8-17-2)14(20)18-12(7-13(16)19)10-4-3-5-11(15)6-10;/h3-6,9,12,17H,7-8H2,1-2H3,(H2,16,19)(H,18,20);1H/t9?,12-;/m1./s1. The van der Waals surface area contributed by atoms with Crippen LogP contribution in [0.25, 0.3) is 0 Å². The third-order valence-electron chi connectivity index (χ3n) is 2.93. The zero-order chi connectivity index (χ0) is 15.1. The van der Waals surface area contributed by atoms with Crippen LogP contribution in [0.15, 0.2) is 24.3 Å². The first-order valence-corrected chi connectivity index (χ1v) is 6.80. The van der Waals surface area contributed by atoms with Crippen molar-refractivity contribution >= 4 is 35.8 Å². The Morgan fingerprint density at radius 1 is 1.38 bits per heavy atom. The second kappa shape index (κ2) is 9.60.